The zero-order chi connectivity index (χ0) is 14.8. The maximum absolute atomic E-state index is 13.6. The predicted molar refractivity (Wildman–Crippen MR) is 75.0 cm³/mol. The van der Waals surface area contributed by atoms with Gasteiger partial charge in [0.2, 0.25) is 0 Å². The molecule has 0 aliphatic heterocycles. The zero-order valence-electron chi connectivity index (χ0n) is 10.5. The Hall–Kier alpha value is -1.31. The van der Waals surface area contributed by atoms with Gasteiger partial charge in [-0.2, -0.15) is 8.42 Å². The molecule has 0 N–H and O–H groups in total. The van der Waals surface area contributed by atoms with Gasteiger partial charge in [-0.05, 0) is 41.1 Å². The SMILES string of the molecule is Cc1ccc(S(=O)(=O)OCc2nccc(Br)c2F)cc1. The van der Waals surface area contributed by atoms with Gasteiger partial charge in [0.1, 0.15) is 12.3 Å². The fourth-order valence-electron chi connectivity index (χ4n) is 1.47. The number of aromatic nitrogens is 1. The summed E-state index contributed by atoms with van der Waals surface area (Å²) in [6.45, 7) is 1.39. The number of pyridine rings is 1. The molecule has 2 rings (SSSR count). The third-order valence-electron chi connectivity index (χ3n) is 2.57. The van der Waals surface area contributed by atoms with Crippen molar-refractivity contribution >= 4 is 26.0 Å². The van der Waals surface area contributed by atoms with Gasteiger partial charge >= 0.3 is 0 Å². The van der Waals surface area contributed by atoms with Gasteiger partial charge in [0, 0.05) is 6.20 Å². The molecule has 7 heteroatoms. The van der Waals surface area contributed by atoms with Gasteiger partial charge in [-0.15, -0.1) is 0 Å². The molecule has 0 saturated heterocycles. The van der Waals surface area contributed by atoms with Gasteiger partial charge in [0.05, 0.1) is 9.37 Å². The molecule has 2 aromatic rings. The van der Waals surface area contributed by atoms with E-state index >= 15 is 0 Å². The van der Waals surface area contributed by atoms with E-state index in [0.717, 1.165) is 5.56 Å². The summed E-state index contributed by atoms with van der Waals surface area (Å²) in [5, 5.41) is 0. The number of halogens is 2. The third kappa shape index (κ3) is 3.41. The van der Waals surface area contributed by atoms with Crippen molar-refractivity contribution in [1.82, 2.24) is 4.98 Å². The summed E-state index contributed by atoms with van der Waals surface area (Å²) >= 11 is 3.00. The second-order valence-electron chi connectivity index (χ2n) is 4.08. The average molecular weight is 360 g/mol. The molecule has 0 aliphatic carbocycles. The second kappa shape index (κ2) is 5.99. The van der Waals surface area contributed by atoms with Crippen molar-refractivity contribution in [2.24, 2.45) is 0 Å². The molecular formula is C13H11BrFNO3S. The highest BCUT2D eigenvalue weighted by molar-refractivity contribution is 9.10. The van der Waals surface area contributed by atoms with Crippen LogP contribution in [0.5, 0.6) is 0 Å². The summed E-state index contributed by atoms with van der Waals surface area (Å²) in [5.41, 5.74) is 0.860. The number of nitrogens with zero attached hydrogens (tertiary/aromatic N) is 1. The summed E-state index contributed by atoms with van der Waals surface area (Å²) < 4.78 is 42.5. The molecule has 0 saturated carbocycles. The molecule has 0 amide bonds. The second-order valence-corrected chi connectivity index (χ2v) is 6.55. The summed E-state index contributed by atoms with van der Waals surface area (Å²) in [7, 11) is -3.93. The van der Waals surface area contributed by atoms with E-state index in [-0.39, 0.29) is 15.1 Å². The Bertz CT molecular complexity index is 717. The third-order valence-corrected chi connectivity index (χ3v) is 4.46. The van der Waals surface area contributed by atoms with E-state index < -0.39 is 22.5 Å². The number of hydrogen-bond donors (Lipinski definition) is 0. The number of hydrogen-bond acceptors (Lipinski definition) is 4. The van der Waals surface area contributed by atoms with E-state index in [0.29, 0.717) is 0 Å². The maximum atomic E-state index is 13.6. The quantitative estimate of drug-likeness (QED) is 0.786. The number of rotatable bonds is 4. The van der Waals surface area contributed by atoms with Gasteiger partial charge in [-0.25, -0.2) is 4.39 Å². The molecule has 4 nitrogen and oxygen atoms in total. The molecular weight excluding hydrogens is 349 g/mol. The van der Waals surface area contributed by atoms with E-state index in [1.54, 1.807) is 12.1 Å². The molecule has 20 heavy (non-hydrogen) atoms. The van der Waals surface area contributed by atoms with Gasteiger partial charge in [-0.3, -0.25) is 9.17 Å². The molecule has 1 aromatic carbocycles. The topological polar surface area (TPSA) is 56.3 Å². The Morgan fingerprint density at radius 1 is 1.25 bits per heavy atom. The highest BCUT2D eigenvalue weighted by atomic mass is 79.9. The van der Waals surface area contributed by atoms with Crippen LogP contribution in [0.2, 0.25) is 0 Å². The number of benzene rings is 1. The van der Waals surface area contributed by atoms with Crippen LogP contribution in [0.15, 0.2) is 45.9 Å². The molecule has 106 valence electrons. The lowest BCUT2D eigenvalue weighted by Gasteiger charge is -2.07. The Labute approximate surface area is 124 Å². The van der Waals surface area contributed by atoms with E-state index in [9.17, 15) is 12.8 Å². The maximum Gasteiger partial charge on any atom is 0.297 e. The van der Waals surface area contributed by atoms with Gasteiger partial charge in [0.25, 0.3) is 10.1 Å². The van der Waals surface area contributed by atoms with Crippen LogP contribution in [0.3, 0.4) is 0 Å². The van der Waals surface area contributed by atoms with Crippen LogP contribution in [0.1, 0.15) is 11.3 Å². The fraction of sp³-hybridized carbons (Fsp3) is 0.154. The van der Waals surface area contributed by atoms with Crippen molar-refractivity contribution in [2.45, 2.75) is 18.4 Å². The van der Waals surface area contributed by atoms with Gasteiger partial charge in [0.15, 0.2) is 5.82 Å². The summed E-state index contributed by atoms with van der Waals surface area (Å²) in [6.07, 6.45) is 1.37. The minimum Gasteiger partial charge on any atom is -0.260 e. The predicted octanol–water partition coefficient (Wildman–Crippen LogP) is 3.20. The van der Waals surface area contributed by atoms with Gasteiger partial charge < -0.3 is 0 Å². The van der Waals surface area contributed by atoms with Crippen LogP contribution in [0.4, 0.5) is 4.39 Å². The van der Waals surface area contributed by atoms with Crippen molar-refractivity contribution in [2.75, 3.05) is 0 Å². The highest BCUT2D eigenvalue weighted by Gasteiger charge is 2.17. The van der Waals surface area contributed by atoms with Crippen molar-refractivity contribution in [3.8, 4) is 0 Å². The van der Waals surface area contributed by atoms with Crippen LogP contribution >= 0.6 is 15.9 Å². The minimum absolute atomic E-state index is 0.0264. The molecule has 0 aliphatic rings. The molecule has 1 heterocycles. The lowest BCUT2D eigenvalue weighted by Crippen LogP contribution is -2.08. The summed E-state index contributed by atoms with van der Waals surface area (Å²) in [4.78, 5) is 3.78. The molecule has 0 atom stereocenters. The first-order valence-corrected chi connectivity index (χ1v) is 7.85. The lowest BCUT2D eigenvalue weighted by molar-refractivity contribution is 0.296. The Balaban J connectivity index is 2.17. The average Bonchev–Trinajstić information content (AvgIpc) is 2.41. The van der Waals surface area contributed by atoms with Crippen LogP contribution in [0.25, 0.3) is 0 Å². The first kappa shape index (κ1) is 15.1. The van der Waals surface area contributed by atoms with Crippen LogP contribution in [-0.2, 0) is 20.9 Å². The van der Waals surface area contributed by atoms with Crippen molar-refractivity contribution in [3.63, 3.8) is 0 Å². The van der Waals surface area contributed by atoms with E-state index in [1.165, 1.54) is 24.4 Å². The lowest BCUT2D eigenvalue weighted by atomic mass is 10.2. The first-order valence-electron chi connectivity index (χ1n) is 5.65. The van der Waals surface area contributed by atoms with Crippen molar-refractivity contribution in [3.05, 3.63) is 58.1 Å². The molecule has 0 spiro atoms. The monoisotopic (exact) mass is 359 g/mol. The summed E-state index contributed by atoms with van der Waals surface area (Å²) in [5.74, 6) is -0.633. The highest BCUT2D eigenvalue weighted by Crippen LogP contribution is 2.19. The van der Waals surface area contributed by atoms with Gasteiger partial charge in [-0.1, -0.05) is 17.7 Å². The first-order chi connectivity index (χ1) is 9.40. The molecule has 0 unspecified atom stereocenters. The zero-order valence-corrected chi connectivity index (χ0v) is 12.9. The molecule has 1 aromatic heterocycles. The van der Waals surface area contributed by atoms with E-state index in [2.05, 4.69) is 20.9 Å². The van der Waals surface area contributed by atoms with E-state index in [1.807, 2.05) is 6.92 Å². The largest absolute Gasteiger partial charge is 0.297 e. The molecule has 0 radical (unpaired) electrons. The normalized spacial score (nSPS) is 11.6. The summed E-state index contributed by atoms with van der Waals surface area (Å²) in [6, 6.07) is 7.63. The van der Waals surface area contributed by atoms with E-state index in [4.69, 9.17) is 4.18 Å². The number of aryl methyl sites for hydroxylation is 1. The standard InChI is InChI=1S/C13H11BrFNO3S/c1-9-2-4-10(5-3-9)20(17,18)19-8-12-13(15)11(14)6-7-16-12/h2-7H,8H2,1H3. The van der Waals surface area contributed by atoms with Crippen molar-refractivity contribution in [1.29, 1.82) is 0 Å². The fourth-order valence-corrected chi connectivity index (χ4v) is 2.69. The van der Waals surface area contributed by atoms with Crippen molar-refractivity contribution < 1.29 is 17.0 Å². The Kier molecular flexibility index (Phi) is 4.52. The molecule has 0 bridgehead atoms. The van der Waals surface area contributed by atoms with Crippen LogP contribution in [0, 0.1) is 12.7 Å². The molecule has 0 fully saturated rings. The smallest absolute Gasteiger partial charge is 0.260 e. The Morgan fingerprint density at radius 3 is 2.55 bits per heavy atom. The Morgan fingerprint density at radius 2 is 1.90 bits per heavy atom. The van der Waals surface area contributed by atoms with Crippen LogP contribution < -0.4 is 0 Å². The van der Waals surface area contributed by atoms with Crippen LogP contribution in [-0.4, -0.2) is 13.4 Å². The minimum atomic E-state index is -3.93.